The SMILES string of the molecule is CCc1csc(NCC2CCCCC2CN)n1. The molecule has 0 aliphatic heterocycles. The second kappa shape index (κ2) is 6.36. The molecule has 0 saturated heterocycles. The van der Waals surface area contributed by atoms with Crippen LogP contribution in [0.3, 0.4) is 0 Å². The molecule has 0 aromatic carbocycles. The molecule has 1 aromatic rings. The molecule has 1 fully saturated rings. The fraction of sp³-hybridized carbons (Fsp3) is 0.769. The molecule has 0 radical (unpaired) electrons. The molecule has 2 rings (SSSR count). The van der Waals surface area contributed by atoms with Crippen LogP contribution in [0.15, 0.2) is 5.38 Å². The summed E-state index contributed by atoms with van der Waals surface area (Å²) in [6.07, 6.45) is 6.37. The van der Waals surface area contributed by atoms with Gasteiger partial charge in [0, 0.05) is 11.9 Å². The van der Waals surface area contributed by atoms with E-state index in [0.717, 1.165) is 30.6 Å². The molecule has 0 spiro atoms. The average molecular weight is 253 g/mol. The first-order valence-corrected chi connectivity index (χ1v) is 7.59. The summed E-state index contributed by atoms with van der Waals surface area (Å²) in [4.78, 5) is 4.54. The van der Waals surface area contributed by atoms with E-state index in [1.165, 1.54) is 31.4 Å². The Kier molecular flexibility index (Phi) is 4.80. The molecular weight excluding hydrogens is 230 g/mol. The first kappa shape index (κ1) is 12.8. The number of anilines is 1. The van der Waals surface area contributed by atoms with E-state index in [9.17, 15) is 0 Å². The molecule has 2 unspecified atom stereocenters. The Bertz CT molecular complexity index is 337. The Labute approximate surface area is 108 Å². The van der Waals surface area contributed by atoms with Crippen molar-refractivity contribution < 1.29 is 0 Å². The first-order chi connectivity index (χ1) is 8.33. The zero-order valence-electron chi connectivity index (χ0n) is 10.6. The number of aromatic nitrogens is 1. The van der Waals surface area contributed by atoms with Gasteiger partial charge in [-0.05, 0) is 37.6 Å². The van der Waals surface area contributed by atoms with Gasteiger partial charge in [-0.25, -0.2) is 4.98 Å². The van der Waals surface area contributed by atoms with Crippen molar-refractivity contribution in [2.24, 2.45) is 17.6 Å². The normalized spacial score (nSPS) is 24.8. The van der Waals surface area contributed by atoms with Crippen LogP contribution in [0.4, 0.5) is 5.13 Å². The van der Waals surface area contributed by atoms with E-state index in [1.54, 1.807) is 11.3 Å². The summed E-state index contributed by atoms with van der Waals surface area (Å²) in [5, 5.41) is 6.70. The largest absolute Gasteiger partial charge is 0.361 e. The van der Waals surface area contributed by atoms with Crippen LogP contribution in [0.1, 0.15) is 38.3 Å². The number of hydrogen-bond acceptors (Lipinski definition) is 4. The lowest BCUT2D eigenvalue weighted by Crippen LogP contribution is -2.31. The van der Waals surface area contributed by atoms with Gasteiger partial charge >= 0.3 is 0 Å². The van der Waals surface area contributed by atoms with Gasteiger partial charge in [0.25, 0.3) is 0 Å². The van der Waals surface area contributed by atoms with Gasteiger partial charge < -0.3 is 11.1 Å². The van der Waals surface area contributed by atoms with Crippen molar-refractivity contribution >= 4 is 16.5 Å². The highest BCUT2D eigenvalue weighted by atomic mass is 32.1. The van der Waals surface area contributed by atoms with Crippen molar-refractivity contribution in [3.63, 3.8) is 0 Å². The predicted molar refractivity (Wildman–Crippen MR) is 74.5 cm³/mol. The van der Waals surface area contributed by atoms with E-state index in [4.69, 9.17) is 5.73 Å². The predicted octanol–water partition coefficient (Wildman–Crippen LogP) is 2.88. The lowest BCUT2D eigenvalue weighted by atomic mass is 9.79. The maximum atomic E-state index is 5.85. The topological polar surface area (TPSA) is 50.9 Å². The first-order valence-electron chi connectivity index (χ1n) is 6.71. The number of aryl methyl sites for hydroxylation is 1. The Hall–Kier alpha value is -0.610. The van der Waals surface area contributed by atoms with Crippen molar-refractivity contribution in [3.8, 4) is 0 Å². The third-order valence-corrected chi connectivity index (χ3v) is 4.65. The fourth-order valence-corrected chi connectivity index (χ4v) is 3.44. The smallest absolute Gasteiger partial charge is 0.182 e. The Morgan fingerprint density at radius 2 is 2.18 bits per heavy atom. The van der Waals surface area contributed by atoms with Gasteiger partial charge in [0.05, 0.1) is 5.69 Å². The quantitative estimate of drug-likeness (QED) is 0.848. The summed E-state index contributed by atoms with van der Waals surface area (Å²) in [5.41, 5.74) is 7.04. The van der Waals surface area contributed by atoms with E-state index in [0.29, 0.717) is 5.92 Å². The van der Waals surface area contributed by atoms with Gasteiger partial charge in [0.2, 0.25) is 0 Å². The van der Waals surface area contributed by atoms with Crippen LogP contribution in [0, 0.1) is 11.8 Å². The molecule has 17 heavy (non-hydrogen) atoms. The average Bonchev–Trinajstić information content (AvgIpc) is 2.84. The van der Waals surface area contributed by atoms with Crippen molar-refractivity contribution in [2.45, 2.75) is 39.0 Å². The highest BCUT2D eigenvalue weighted by Gasteiger charge is 2.23. The van der Waals surface area contributed by atoms with Crippen LogP contribution >= 0.6 is 11.3 Å². The summed E-state index contributed by atoms with van der Waals surface area (Å²) in [6, 6.07) is 0. The molecule has 2 atom stereocenters. The van der Waals surface area contributed by atoms with Crippen molar-refractivity contribution in [1.82, 2.24) is 4.98 Å². The molecule has 1 aliphatic carbocycles. The maximum absolute atomic E-state index is 5.85. The van der Waals surface area contributed by atoms with Crippen LogP contribution in [0.2, 0.25) is 0 Å². The molecule has 1 heterocycles. The minimum Gasteiger partial charge on any atom is -0.361 e. The molecule has 3 N–H and O–H groups in total. The summed E-state index contributed by atoms with van der Waals surface area (Å²) in [6.45, 7) is 4.02. The Morgan fingerprint density at radius 1 is 1.41 bits per heavy atom. The van der Waals surface area contributed by atoms with Gasteiger partial charge in [-0.3, -0.25) is 0 Å². The van der Waals surface area contributed by atoms with Gasteiger partial charge in [-0.1, -0.05) is 19.8 Å². The lowest BCUT2D eigenvalue weighted by molar-refractivity contribution is 0.255. The van der Waals surface area contributed by atoms with Gasteiger partial charge in [0.1, 0.15) is 0 Å². The third kappa shape index (κ3) is 3.42. The summed E-state index contributed by atoms with van der Waals surface area (Å²) in [7, 11) is 0. The van der Waals surface area contributed by atoms with E-state index < -0.39 is 0 Å². The minimum atomic E-state index is 0.710. The standard InChI is InChI=1S/C13H23N3S/c1-2-12-9-17-13(16-12)15-8-11-6-4-3-5-10(11)7-14/h9-11H,2-8,14H2,1H3,(H,15,16). The van der Waals surface area contributed by atoms with E-state index in [2.05, 4.69) is 22.6 Å². The highest BCUT2D eigenvalue weighted by molar-refractivity contribution is 7.13. The monoisotopic (exact) mass is 253 g/mol. The van der Waals surface area contributed by atoms with Crippen LogP contribution in [-0.2, 0) is 6.42 Å². The van der Waals surface area contributed by atoms with E-state index >= 15 is 0 Å². The summed E-state index contributed by atoms with van der Waals surface area (Å²) < 4.78 is 0. The third-order valence-electron chi connectivity index (χ3n) is 3.80. The fourth-order valence-electron chi connectivity index (χ4n) is 2.63. The Balaban J connectivity index is 1.83. The number of thiazole rings is 1. The zero-order valence-corrected chi connectivity index (χ0v) is 11.4. The highest BCUT2D eigenvalue weighted by Crippen LogP contribution is 2.29. The van der Waals surface area contributed by atoms with E-state index in [-0.39, 0.29) is 0 Å². The molecule has 0 bridgehead atoms. The molecule has 0 amide bonds. The maximum Gasteiger partial charge on any atom is 0.182 e. The van der Waals surface area contributed by atoms with Crippen LogP contribution in [0.5, 0.6) is 0 Å². The molecule has 4 heteroatoms. The molecule has 96 valence electrons. The van der Waals surface area contributed by atoms with Gasteiger partial charge in [-0.15, -0.1) is 11.3 Å². The lowest BCUT2D eigenvalue weighted by Gasteiger charge is -2.30. The van der Waals surface area contributed by atoms with Gasteiger partial charge in [0.15, 0.2) is 5.13 Å². The Morgan fingerprint density at radius 3 is 2.82 bits per heavy atom. The molecule has 1 aliphatic rings. The van der Waals surface area contributed by atoms with Crippen LogP contribution in [-0.4, -0.2) is 18.1 Å². The number of rotatable bonds is 5. The molecular formula is C13H23N3S. The number of hydrogen-bond donors (Lipinski definition) is 2. The van der Waals surface area contributed by atoms with Crippen molar-refractivity contribution in [2.75, 3.05) is 18.4 Å². The van der Waals surface area contributed by atoms with Crippen molar-refractivity contribution in [1.29, 1.82) is 0 Å². The summed E-state index contributed by atoms with van der Waals surface area (Å²) >= 11 is 1.72. The molecule has 1 aromatic heterocycles. The summed E-state index contributed by atoms with van der Waals surface area (Å²) in [5.74, 6) is 1.45. The number of nitrogens with one attached hydrogen (secondary N) is 1. The molecule has 1 saturated carbocycles. The second-order valence-corrected chi connectivity index (χ2v) is 5.78. The molecule has 3 nitrogen and oxygen atoms in total. The van der Waals surface area contributed by atoms with Gasteiger partial charge in [-0.2, -0.15) is 0 Å². The minimum absolute atomic E-state index is 0.710. The zero-order chi connectivity index (χ0) is 12.1. The van der Waals surface area contributed by atoms with E-state index in [1.807, 2.05) is 0 Å². The second-order valence-electron chi connectivity index (χ2n) is 4.92. The number of nitrogens with zero attached hydrogens (tertiary/aromatic N) is 1. The number of nitrogens with two attached hydrogens (primary N) is 1. The van der Waals surface area contributed by atoms with Crippen LogP contribution < -0.4 is 11.1 Å². The van der Waals surface area contributed by atoms with Crippen molar-refractivity contribution in [3.05, 3.63) is 11.1 Å². The van der Waals surface area contributed by atoms with Crippen LogP contribution in [0.25, 0.3) is 0 Å².